The van der Waals surface area contributed by atoms with Gasteiger partial charge in [0.25, 0.3) is 0 Å². The molecule has 0 aliphatic carbocycles. The molecule has 358 valence electrons. The van der Waals surface area contributed by atoms with Crippen molar-refractivity contribution in [3.63, 3.8) is 0 Å². The smallest absolute Gasteiger partial charge is 0.306 e. The van der Waals surface area contributed by atoms with Crippen LogP contribution in [0.2, 0.25) is 0 Å². The molecular weight excluding hydrogens is 805 g/mol. The molecule has 0 spiro atoms. The molecule has 1 rings (SSSR count). The molecule has 0 aromatic carbocycles. The van der Waals surface area contributed by atoms with Crippen molar-refractivity contribution in [3.05, 3.63) is 146 Å². The van der Waals surface area contributed by atoms with Gasteiger partial charge in [0.05, 0.1) is 26.4 Å². The van der Waals surface area contributed by atoms with Gasteiger partial charge >= 0.3 is 5.97 Å². The first-order valence-electron chi connectivity index (χ1n) is 23.9. The molecule has 4 N–H and O–H groups in total. The third-order valence-electron chi connectivity index (χ3n) is 9.77. The van der Waals surface area contributed by atoms with Crippen molar-refractivity contribution in [2.45, 2.75) is 166 Å². The largest absolute Gasteiger partial charge is 0.457 e. The zero-order chi connectivity index (χ0) is 46.4. The topological polar surface area (TPSA) is 135 Å². The van der Waals surface area contributed by atoms with Crippen molar-refractivity contribution >= 4 is 5.97 Å². The van der Waals surface area contributed by atoms with E-state index in [9.17, 15) is 25.2 Å². The Kier molecular flexibility index (Phi) is 40.2. The Labute approximate surface area is 387 Å². The van der Waals surface area contributed by atoms with Crippen LogP contribution < -0.4 is 0 Å². The monoisotopic (exact) mass is 889 g/mol. The van der Waals surface area contributed by atoms with Crippen LogP contribution >= 0.6 is 0 Å². The van der Waals surface area contributed by atoms with Gasteiger partial charge in [0.2, 0.25) is 0 Å². The highest BCUT2D eigenvalue weighted by atomic mass is 16.7. The molecular formula is C55H84O9. The molecule has 0 saturated carbocycles. The number of carbonyl (C=O) groups is 1. The van der Waals surface area contributed by atoms with E-state index in [-0.39, 0.29) is 25.6 Å². The highest BCUT2D eigenvalue weighted by Crippen LogP contribution is 2.22. The van der Waals surface area contributed by atoms with Crippen molar-refractivity contribution in [2.24, 2.45) is 0 Å². The van der Waals surface area contributed by atoms with Gasteiger partial charge in [0.1, 0.15) is 30.5 Å². The maximum absolute atomic E-state index is 12.8. The average molecular weight is 889 g/mol. The van der Waals surface area contributed by atoms with Gasteiger partial charge in [0.15, 0.2) is 6.29 Å². The van der Waals surface area contributed by atoms with Crippen LogP contribution in [0.4, 0.5) is 0 Å². The second kappa shape index (κ2) is 44.3. The summed E-state index contributed by atoms with van der Waals surface area (Å²) in [7, 11) is 0. The SMILES string of the molecule is CC/C=C\C/C=C\C/C=C\C/C=C\C/C=C\C/C=C\C/C=C\CCCCCC(=O)OC(COCC/C=C\C/C=C\C/C=C\C/C=C\C/C=C\CC)COC1OC(CO)C(O)C(O)C1O. The van der Waals surface area contributed by atoms with Crippen LogP contribution in [0.25, 0.3) is 0 Å². The second-order valence-electron chi connectivity index (χ2n) is 15.4. The minimum atomic E-state index is -1.57. The maximum Gasteiger partial charge on any atom is 0.306 e. The summed E-state index contributed by atoms with van der Waals surface area (Å²) >= 11 is 0. The first-order valence-corrected chi connectivity index (χ1v) is 23.9. The first-order chi connectivity index (χ1) is 31.4. The lowest BCUT2D eigenvalue weighted by atomic mass is 9.99. The Morgan fingerprint density at radius 1 is 0.500 bits per heavy atom. The summed E-state index contributed by atoms with van der Waals surface area (Å²) in [5, 5.41) is 40.2. The Morgan fingerprint density at radius 2 is 0.906 bits per heavy atom. The third-order valence-corrected chi connectivity index (χ3v) is 9.77. The van der Waals surface area contributed by atoms with E-state index in [4.69, 9.17) is 18.9 Å². The molecule has 0 radical (unpaired) electrons. The standard InChI is InChI=1S/C55H84O9/c1-3-5-7-9-11-13-15-17-19-21-22-23-24-25-26-27-28-29-30-32-34-36-38-40-42-44-51(57)63-49(48-62-55-54(60)53(59)52(58)50(46-56)64-55)47-61-45-43-41-39-37-35-33-31-20-18-16-14-12-10-8-6-4-2/h5-8,11-14,17-20,22-23,25-26,28-29,32-35,39,41,49-50,52-56,58-60H,3-4,9-10,15-16,21,24,27,30-31,36-38,40,42-48H2,1-2H3/b7-5-,8-6-,13-11-,14-12-,19-17-,20-18-,23-22-,26-25-,29-28-,34-32-,35-33-,41-39-. The minimum absolute atomic E-state index is 0.0649. The summed E-state index contributed by atoms with van der Waals surface area (Å²) in [6.45, 7) is 4.02. The van der Waals surface area contributed by atoms with Crippen molar-refractivity contribution in [1.82, 2.24) is 0 Å². The zero-order valence-corrected chi connectivity index (χ0v) is 39.2. The summed E-state index contributed by atoms with van der Waals surface area (Å²) in [5.41, 5.74) is 0. The van der Waals surface area contributed by atoms with Gasteiger partial charge in [-0.1, -0.05) is 166 Å². The normalized spacial score (nSPS) is 20.9. The van der Waals surface area contributed by atoms with Gasteiger partial charge < -0.3 is 39.4 Å². The summed E-state index contributed by atoms with van der Waals surface area (Å²) < 4.78 is 22.7. The van der Waals surface area contributed by atoms with Gasteiger partial charge in [-0.05, 0) is 103 Å². The Morgan fingerprint density at radius 3 is 1.33 bits per heavy atom. The quantitative estimate of drug-likeness (QED) is 0.0271. The molecule has 1 saturated heterocycles. The van der Waals surface area contributed by atoms with E-state index in [1.165, 1.54) is 0 Å². The summed E-state index contributed by atoms with van der Waals surface area (Å²) in [5.74, 6) is -0.378. The third kappa shape index (κ3) is 34.5. The lowest BCUT2D eigenvalue weighted by molar-refractivity contribution is -0.305. The molecule has 0 bridgehead atoms. The predicted molar refractivity (Wildman–Crippen MR) is 265 cm³/mol. The van der Waals surface area contributed by atoms with E-state index in [0.29, 0.717) is 19.4 Å². The molecule has 6 atom stereocenters. The molecule has 1 fully saturated rings. The number of allylic oxidation sites excluding steroid dienone is 23. The average Bonchev–Trinajstić information content (AvgIpc) is 3.30. The Balaban J connectivity index is 2.33. The van der Waals surface area contributed by atoms with Crippen molar-refractivity contribution in [1.29, 1.82) is 0 Å². The molecule has 9 heteroatoms. The molecule has 1 aliphatic heterocycles. The van der Waals surface area contributed by atoms with E-state index in [0.717, 1.165) is 96.3 Å². The van der Waals surface area contributed by atoms with Gasteiger partial charge in [-0.2, -0.15) is 0 Å². The lowest BCUT2D eigenvalue weighted by Gasteiger charge is -2.39. The Bertz CT molecular complexity index is 1480. The zero-order valence-electron chi connectivity index (χ0n) is 39.2. The van der Waals surface area contributed by atoms with Crippen molar-refractivity contribution in [3.8, 4) is 0 Å². The number of aliphatic hydroxyl groups is 4. The number of rotatable bonds is 38. The van der Waals surface area contributed by atoms with Crippen LogP contribution in [0.15, 0.2) is 146 Å². The van der Waals surface area contributed by atoms with Crippen LogP contribution in [0.1, 0.15) is 129 Å². The van der Waals surface area contributed by atoms with E-state index >= 15 is 0 Å². The molecule has 0 aromatic rings. The lowest BCUT2D eigenvalue weighted by Crippen LogP contribution is -2.59. The molecule has 0 aromatic heterocycles. The second-order valence-corrected chi connectivity index (χ2v) is 15.4. The van der Waals surface area contributed by atoms with Crippen molar-refractivity contribution < 1.29 is 44.2 Å². The minimum Gasteiger partial charge on any atom is -0.457 e. The van der Waals surface area contributed by atoms with Crippen LogP contribution in [-0.4, -0.2) is 89.6 Å². The molecule has 6 unspecified atom stereocenters. The predicted octanol–water partition coefficient (Wildman–Crippen LogP) is 11.5. The number of carbonyl (C=O) groups excluding carboxylic acids is 1. The summed E-state index contributed by atoms with van der Waals surface area (Å²) in [4.78, 5) is 12.8. The fourth-order valence-electron chi connectivity index (χ4n) is 6.12. The highest BCUT2D eigenvalue weighted by molar-refractivity contribution is 5.69. The molecule has 1 heterocycles. The number of esters is 1. The number of aliphatic hydroxyl groups excluding tert-OH is 4. The number of ether oxygens (including phenoxy) is 4. The number of hydrogen-bond donors (Lipinski definition) is 4. The summed E-state index contributed by atoms with van der Waals surface area (Å²) in [6, 6.07) is 0. The Hall–Kier alpha value is -3.93. The van der Waals surface area contributed by atoms with Crippen molar-refractivity contribution in [2.75, 3.05) is 26.4 Å². The van der Waals surface area contributed by atoms with Gasteiger partial charge in [-0.15, -0.1) is 0 Å². The number of unbranched alkanes of at least 4 members (excludes halogenated alkanes) is 3. The molecule has 1 aliphatic rings. The van der Waals surface area contributed by atoms with E-state index < -0.39 is 43.4 Å². The van der Waals surface area contributed by atoms with E-state index in [1.54, 1.807) is 0 Å². The fourth-order valence-corrected chi connectivity index (χ4v) is 6.12. The molecule has 0 amide bonds. The van der Waals surface area contributed by atoms with Crippen LogP contribution in [0, 0.1) is 0 Å². The fraction of sp³-hybridized carbons (Fsp3) is 0.545. The van der Waals surface area contributed by atoms with Crippen LogP contribution in [0.5, 0.6) is 0 Å². The molecule has 64 heavy (non-hydrogen) atoms. The summed E-state index contributed by atoms with van der Waals surface area (Å²) in [6.07, 6.45) is 60.4. The number of hydrogen-bond acceptors (Lipinski definition) is 9. The van der Waals surface area contributed by atoms with Gasteiger partial charge in [-0.3, -0.25) is 4.79 Å². The first kappa shape index (κ1) is 58.1. The van der Waals surface area contributed by atoms with E-state index in [2.05, 4.69) is 154 Å². The van der Waals surface area contributed by atoms with Crippen LogP contribution in [-0.2, 0) is 23.7 Å². The van der Waals surface area contributed by atoms with Gasteiger partial charge in [-0.25, -0.2) is 0 Å². The molecule has 9 nitrogen and oxygen atoms in total. The highest BCUT2D eigenvalue weighted by Gasteiger charge is 2.44. The van der Waals surface area contributed by atoms with Crippen LogP contribution in [0.3, 0.4) is 0 Å². The maximum atomic E-state index is 12.8. The van der Waals surface area contributed by atoms with Gasteiger partial charge in [0, 0.05) is 6.42 Å². The van der Waals surface area contributed by atoms with E-state index in [1.807, 2.05) is 6.08 Å².